The molecule has 0 radical (unpaired) electrons. The Kier molecular flexibility index (Phi) is 4.83. The van der Waals surface area contributed by atoms with Gasteiger partial charge in [-0.3, -0.25) is 0 Å². The molecule has 0 amide bonds. The molecule has 0 fully saturated rings. The van der Waals surface area contributed by atoms with Crippen LogP contribution in [0.25, 0.3) is 22.6 Å². The van der Waals surface area contributed by atoms with Gasteiger partial charge in [-0.25, -0.2) is 9.37 Å². The van der Waals surface area contributed by atoms with Crippen molar-refractivity contribution in [1.82, 2.24) is 9.97 Å². The van der Waals surface area contributed by atoms with Crippen molar-refractivity contribution in [2.24, 2.45) is 0 Å². The van der Waals surface area contributed by atoms with Gasteiger partial charge in [-0.05, 0) is 24.3 Å². The molecule has 3 nitrogen and oxygen atoms in total. The van der Waals surface area contributed by atoms with Gasteiger partial charge in [-0.2, -0.15) is 0 Å². The summed E-state index contributed by atoms with van der Waals surface area (Å²) < 4.78 is 13.0. The SMILES string of the molecule is CN(C)c1[nH]c(-c2ccc(F)cc2)nc1-c1ccccc1.Cl. The second kappa shape index (κ2) is 6.62. The summed E-state index contributed by atoms with van der Waals surface area (Å²) in [4.78, 5) is 9.98. The number of hydrogen-bond acceptors (Lipinski definition) is 2. The molecule has 0 unspecified atom stereocenters. The molecular formula is C17H17ClFN3. The molecule has 0 atom stereocenters. The van der Waals surface area contributed by atoms with Crippen molar-refractivity contribution in [2.75, 3.05) is 19.0 Å². The van der Waals surface area contributed by atoms with Gasteiger partial charge in [0.15, 0.2) is 0 Å². The summed E-state index contributed by atoms with van der Waals surface area (Å²) in [5, 5.41) is 0. The average molecular weight is 318 g/mol. The lowest BCUT2D eigenvalue weighted by Gasteiger charge is -2.11. The molecule has 3 aromatic rings. The lowest BCUT2D eigenvalue weighted by molar-refractivity contribution is 0.628. The van der Waals surface area contributed by atoms with Gasteiger partial charge in [-0.15, -0.1) is 12.4 Å². The van der Waals surface area contributed by atoms with Gasteiger partial charge in [0.05, 0.1) is 0 Å². The van der Waals surface area contributed by atoms with E-state index in [-0.39, 0.29) is 18.2 Å². The van der Waals surface area contributed by atoms with Gasteiger partial charge in [0.2, 0.25) is 0 Å². The Labute approximate surface area is 135 Å². The zero-order valence-corrected chi connectivity index (χ0v) is 13.2. The minimum atomic E-state index is -0.249. The maximum absolute atomic E-state index is 13.0. The Balaban J connectivity index is 0.00000176. The molecule has 0 aliphatic heterocycles. The number of aromatic amines is 1. The highest BCUT2D eigenvalue weighted by Crippen LogP contribution is 2.30. The number of hydrogen-bond donors (Lipinski definition) is 1. The molecule has 5 heteroatoms. The maximum Gasteiger partial charge on any atom is 0.139 e. The first-order chi connectivity index (χ1) is 10.1. The molecule has 1 aromatic heterocycles. The van der Waals surface area contributed by atoms with E-state index in [1.807, 2.05) is 49.3 Å². The van der Waals surface area contributed by atoms with E-state index in [9.17, 15) is 4.39 Å². The molecule has 22 heavy (non-hydrogen) atoms. The maximum atomic E-state index is 13.0. The average Bonchev–Trinajstić information content (AvgIpc) is 2.94. The molecule has 2 aromatic carbocycles. The first kappa shape index (κ1) is 16.0. The fourth-order valence-corrected chi connectivity index (χ4v) is 2.23. The van der Waals surface area contributed by atoms with E-state index in [2.05, 4.69) is 9.97 Å². The summed E-state index contributed by atoms with van der Waals surface area (Å²) >= 11 is 0. The molecule has 0 aliphatic carbocycles. The molecule has 1 heterocycles. The van der Waals surface area contributed by atoms with E-state index in [1.54, 1.807) is 12.1 Å². The Morgan fingerprint density at radius 1 is 0.909 bits per heavy atom. The summed E-state index contributed by atoms with van der Waals surface area (Å²) in [6.07, 6.45) is 0. The monoisotopic (exact) mass is 317 g/mol. The van der Waals surface area contributed by atoms with Gasteiger partial charge >= 0.3 is 0 Å². The van der Waals surface area contributed by atoms with Crippen LogP contribution in [0.3, 0.4) is 0 Å². The third kappa shape index (κ3) is 3.12. The number of benzene rings is 2. The topological polar surface area (TPSA) is 31.9 Å². The van der Waals surface area contributed by atoms with Crippen molar-refractivity contribution in [3.63, 3.8) is 0 Å². The van der Waals surface area contributed by atoms with Crippen LogP contribution in [0.5, 0.6) is 0 Å². The third-order valence-electron chi connectivity index (χ3n) is 3.30. The first-order valence-electron chi connectivity index (χ1n) is 6.74. The van der Waals surface area contributed by atoms with E-state index < -0.39 is 0 Å². The quantitative estimate of drug-likeness (QED) is 0.778. The van der Waals surface area contributed by atoms with E-state index in [0.717, 1.165) is 28.5 Å². The van der Waals surface area contributed by atoms with Crippen LogP contribution in [-0.4, -0.2) is 24.1 Å². The second-order valence-electron chi connectivity index (χ2n) is 5.05. The molecule has 0 bridgehead atoms. The predicted octanol–water partition coefficient (Wildman–Crippen LogP) is 4.37. The van der Waals surface area contributed by atoms with Gasteiger partial charge in [0, 0.05) is 25.2 Å². The Morgan fingerprint density at radius 3 is 2.14 bits per heavy atom. The lowest BCUT2D eigenvalue weighted by Crippen LogP contribution is -2.10. The summed E-state index contributed by atoms with van der Waals surface area (Å²) in [5.74, 6) is 1.42. The summed E-state index contributed by atoms with van der Waals surface area (Å²) in [5.41, 5.74) is 2.80. The summed E-state index contributed by atoms with van der Waals surface area (Å²) in [6, 6.07) is 16.3. The predicted molar refractivity (Wildman–Crippen MR) is 91.0 cm³/mol. The van der Waals surface area contributed by atoms with Crippen LogP contribution in [0.2, 0.25) is 0 Å². The molecule has 0 saturated carbocycles. The zero-order valence-electron chi connectivity index (χ0n) is 12.4. The Hall–Kier alpha value is -2.33. The van der Waals surface area contributed by atoms with Crippen LogP contribution in [0.15, 0.2) is 54.6 Å². The highest BCUT2D eigenvalue weighted by Gasteiger charge is 2.14. The molecule has 0 saturated heterocycles. The number of nitrogens with zero attached hydrogens (tertiary/aromatic N) is 2. The lowest BCUT2D eigenvalue weighted by atomic mass is 10.1. The normalized spacial score (nSPS) is 10.1. The van der Waals surface area contributed by atoms with Crippen LogP contribution in [0.1, 0.15) is 0 Å². The number of rotatable bonds is 3. The number of aromatic nitrogens is 2. The van der Waals surface area contributed by atoms with Crippen LogP contribution in [0, 0.1) is 5.82 Å². The van der Waals surface area contributed by atoms with E-state index in [0.29, 0.717) is 0 Å². The number of nitrogens with one attached hydrogen (secondary N) is 1. The van der Waals surface area contributed by atoms with E-state index in [1.165, 1.54) is 12.1 Å². The number of H-pyrrole nitrogens is 1. The minimum absolute atomic E-state index is 0. The molecule has 1 N–H and O–H groups in total. The van der Waals surface area contributed by atoms with Crippen LogP contribution in [-0.2, 0) is 0 Å². The number of anilines is 1. The van der Waals surface area contributed by atoms with E-state index >= 15 is 0 Å². The molecule has 0 spiro atoms. The molecule has 3 rings (SSSR count). The van der Waals surface area contributed by atoms with E-state index in [4.69, 9.17) is 0 Å². The van der Waals surface area contributed by atoms with Gasteiger partial charge in [-0.1, -0.05) is 30.3 Å². The smallest absolute Gasteiger partial charge is 0.139 e. The van der Waals surface area contributed by atoms with Crippen molar-refractivity contribution in [3.8, 4) is 22.6 Å². The van der Waals surface area contributed by atoms with Crippen molar-refractivity contribution >= 4 is 18.2 Å². The highest BCUT2D eigenvalue weighted by atomic mass is 35.5. The first-order valence-corrected chi connectivity index (χ1v) is 6.74. The fraction of sp³-hybridized carbons (Fsp3) is 0.118. The van der Waals surface area contributed by atoms with Crippen molar-refractivity contribution < 1.29 is 4.39 Å². The molecule has 114 valence electrons. The van der Waals surface area contributed by atoms with Crippen LogP contribution >= 0.6 is 12.4 Å². The minimum Gasteiger partial charge on any atom is -0.362 e. The fourth-order valence-electron chi connectivity index (χ4n) is 2.23. The Morgan fingerprint density at radius 2 is 1.55 bits per heavy atom. The molecular weight excluding hydrogens is 301 g/mol. The van der Waals surface area contributed by atoms with Crippen molar-refractivity contribution in [2.45, 2.75) is 0 Å². The van der Waals surface area contributed by atoms with Crippen LogP contribution in [0.4, 0.5) is 10.2 Å². The van der Waals surface area contributed by atoms with Crippen molar-refractivity contribution in [1.29, 1.82) is 0 Å². The number of halogens is 2. The Bertz CT molecular complexity index is 736. The van der Waals surface area contributed by atoms with Crippen molar-refractivity contribution in [3.05, 3.63) is 60.4 Å². The van der Waals surface area contributed by atoms with Gasteiger partial charge < -0.3 is 9.88 Å². The standard InChI is InChI=1S/C17H16FN3.ClH/c1-21(2)17-15(12-6-4-3-5-7-12)19-16(20-17)13-8-10-14(18)11-9-13;/h3-11H,1-2H3,(H,19,20);1H. The number of imidazole rings is 1. The summed E-state index contributed by atoms with van der Waals surface area (Å²) in [7, 11) is 3.93. The van der Waals surface area contributed by atoms with Gasteiger partial charge in [0.1, 0.15) is 23.2 Å². The highest BCUT2D eigenvalue weighted by molar-refractivity contribution is 5.85. The zero-order chi connectivity index (χ0) is 14.8. The van der Waals surface area contributed by atoms with Gasteiger partial charge in [0.25, 0.3) is 0 Å². The summed E-state index contributed by atoms with van der Waals surface area (Å²) in [6.45, 7) is 0. The molecule has 0 aliphatic rings. The second-order valence-corrected chi connectivity index (χ2v) is 5.05. The van der Waals surface area contributed by atoms with Crippen LogP contribution < -0.4 is 4.90 Å². The largest absolute Gasteiger partial charge is 0.362 e. The third-order valence-corrected chi connectivity index (χ3v) is 3.30.